The van der Waals surface area contributed by atoms with Gasteiger partial charge in [0.1, 0.15) is 17.4 Å². The van der Waals surface area contributed by atoms with Gasteiger partial charge in [-0.3, -0.25) is 5.10 Å². The number of H-pyrrole nitrogens is 1. The fourth-order valence-corrected chi connectivity index (χ4v) is 2.49. The van der Waals surface area contributed by atoms with Gasteiger partial charge in [-0.1, -0.05) is 13.3 Å². The minimum atomic E-state index is -0.362. The lowest BCUT2D eigenvalue weighted by atomic mass is 9.87. The van der Waals surface area contributed by atoms with Crippen molar-refractivity contribution < 1.29 is 9.15 Å². The van der Waals surface area contributed by atoms with E-state index in [0.717, 1.165) is 24.1 Å². The van der Waals surface area contributed by atoms with Gasteiger partial charge in [-0.2, -0.15) is 5.26 Å². The van der Waals surface area contributed by atoms with Gasteiger partial charge in [0.25, 0.3) is 0 Å². The normalized spacial score (nSPS) is 17.5. The maximum absolute atomic E-state index is 9.37. The van der Waals surface area contributed by atoms with Crippen LogP contribution in [0.4, 0.5) is 0 Å². The molecular weight excluding hydrogens is 256 g/mol. The van der Waals surface area contributed by atoms with Gasteiger partial charge in [-0.05, 0) is 18.6 Å². The maximum atomic E-state index is 9.37. The predicted molar refractivity (Wildman–Crippen MR) is 70.6 cm³/mol. The number of nitrogens with one attached hydrogen (secondary N) is 1. The summed E-state index contributed by atoms with van der Waals surface area (Å²) in [4.78, 5) is 0. The second-order valence-electron chi connectivity index (χ2n) is 4.61. The molecule has 102 valence electrons. The first-order valence-electron chi connectivity index (χ1n) is 6.44. The average Bonchev–Trinajstić information content (AvgIpc) is 3.08. The minimum Gasteiger partial charge on any atom is -0.468 e. The van der Waals surface area contributed by atoms with Crippen molar-refractivity contribution in [2.45, 2.75) is 25.7 Å². The zero-order valence-corrected chi connectivity index (χ0v) is 11.0. The Hall–Kier alpha value is -2.68. The molecule has 1 atom stereocenters. The first-order chi connectivity index (χ1) is 9.76. The molecule has 3 rings (SSSR count). The van der Waals surface area contributed by atoms with Crippen LogP contribution in [0.3, 0.4) is 0 Å². The van der Waals surface area contributed by atoms with Gasteiger partial charge in [0, 0.05) is 5.69 Å². The van der Waals surface area contributed by atoms with Gasteiger partial charge in [0.05, 0.1) is 17.7 Å². The molecule has 0 bridgehead atoms. The molecule has 1 aliphatic heterocycles. The Labute approximate surface area is 115 Å². The standard InChI is InChI=1S/C14H14N4O2/c1-2-4-9-12-11(10-5-3-6-19-10)8(7-15)13(16)20-14(12)18-17-9/h3,5-6,11H,2,4,16H2,1H3,(H,17,18)/t11-/m0/s1. The van der Waals surface area contributed by atoms with Gasteiger partial charge in [-0.15, -0.1) is 5.10 Å². The van der Waals surface area contributed by atoms with Crippen molar-refractivity contribution in [3.8, 4) is 11.9 Å². The largest absolute Gasteiger partial charge is 0.468 e. The Morgan fingerprint density at radius 2 is 2.40 bits per heavy atom. The van der Waals surface area contributed by atoms with E-state index in [9.17, 15) is 5.26 Å². The number of aryl methyl sites for hydroxylation is 1. The van der Waals surface area contributed by atoms with Crippen LogP contribution < -0.4 is 10.5 Å². The van der Waals surface area contributed by atoms with Crippen LogP contribution in [-0.2, 0) is 6.42 Å². The van der Waals surface area contributed by atoms with Gasteiger partial charge in [0.2, 0.25) is 11.8 Å². The van der Waals surface area contributed by atoms with Crippen LogP contribution in [0.5, 0.6) is 5.88 Å². The number of nitrogens with zero attached hydrogens (tertiary/aromatic N) is 2. The third-order valence-electron chi connectivity index (χ3n) is 3.35. The van der Waals surface area contributed by atoms with Crippen molar-refractivity contribution in [3.05, 3.63) is 46.9 Å². The average molecular weight is 270 g/mol. The Morgan fingerprint density at radius 3 is 3.05 bits per heavy atom. The van der Waals surface area contributed by atoms with Crippen molar-refractivity contribution in [1.29, 1.82) is 5.26 Å². The molecule has 3 N–H and O–H groups in total. The summed E-state index contributed by atoms with van der Waals surface area (Å²) in [7, 11) is 0. The summed E-state index contributed by atoms with van der Waals surface area (Å²) in [5, 5.41) is 16.5. The van der Waals surface area contributed by atoms with E-state index in [4.69, 9.17) is 14.9 Å². The second-order valence-corrected chi connectivity index (χ2v) is 4.61. The van der Waals surface area contributed by atoms with Crippen LogP contribution >= 0.6 is 0 Å². The summed E-state index contributed by atoms with van der Waals surface area (Å²) in [6.07, 6.45) is 3.36. The molecule has 3 heterocycles. The summed E-state index contributed by atoms with van der Waals surface area (Å²) in [6, 6.07) is 5.73. The number of ether oxygens (including phenoxy) is 1. The third kappa shape index (κ3) is 1.75. The second kappa shape index (κ2) is 4.78. The summed E-state index contributed by atoms with van der Waals surface area (Å²) in [5.74, 6) is 0.800. The molecule has 0 saturated heterocycles. The molecule has 6 nitrogen and oxygen atoms in total. The lowest BCUT2D eigenvalue weighted by Crippen LogP contribution is -2.21. The number of nitriles is 1. The first-order valence-corrected chi connectivity index (χ1v) is 6.44. The number of hydrogen-bond acceptors (Lipinski definition) is 5. The molecular formula is C14H14N4O2. The van der Waals surface area contributed by atoms with Crippen molar-refractivity contribution in [2.24, 2.45) is 5.73 Å². The lowest BCUT2D eigenvalue weighted by Gasteiger charge is -2.21. The summed E-state index contributed by atoms with van der Waals surface area (Å²) >= 11 is 0. The summed E-state index contributed by atoms with van der Waals surface area (Å²) < 4.78 is 10.9. The Bertz CT molecular complexity index is 691. The van der Waals surface area contributed by atoms with Gasteiger partial charge >= 0.3 is 0 Å². The highest BCUT2D eigenvalue weighted by Crippen LogP contribution is 2.42. The molecule has 0 amide bonds. The number of nitrogens with two attached hydrogens (primary N) is 1. The van der Waals surface area contributed by atoms with Crippen LogP contribution in [0.2, 0.25) is 0 Å². The maximum Gasteiger partial charge on any atom is 0.244 e. The van der Waals surface area contributed by atoms with Gasteiger partial charge in [-0.25, -0.2) is 0 Å². The van der Waals surface area contributed by atoms with E-state index >= 15 is 0 Å². The van der Waals surface area contributed by atoms with Crippen molar-refractivity contribution in [2.75, 3.05) is 0 Å². The third-order valence-corrected chi connectivity index (χ3v) is 3.35. The van der Waals surface area contributed by atoms with Crippen LogP contribution in [-0.4, -0.2) is 10.2 Å². The van der Waals surface area contributed by atoms with Crippen LogP contribution in [0.15, 0.2) is 34.3 Å². The van der Waals surface area contributed by atoms with Gasteiger partial charge in [0.15, 0.2) is 0 Å². The highest BCUT2D eigenvalue weighted by atomic mass is 16.5. The molecule has 0 fully saturated rings. The number of aromatic nitrogens is 2. The molecule has 6 heteroatoms. The highest BCUT2D eigenvalue weighted by molar-refractivity contribution is 5.53. The summed E-state index contributed by atoms with van der Waals surface area (Å²) in [5.41, 5.74) is 7.96. The number of fused-ring (bicyclic) bond motifs is 1. The summed E-state index contributed by atoms with van der Waals surface area (Å²) in [6.45, 7) is 2.08. The number of aromatic amines is 1. The van der Waals surface area contributed by atoms with E-state index in [1.807, 2.05) is 6.07 Å². The van der Waals surface area contributed by atoms with Crippen molar-refractivity contribution in [3.63, 3.8) is 0 Å². The Balaban J connectivity index is 2.19. The minimum absolute atomic E-state index is 0.0796. The zero-order valence-electron chi connectivity index (χ0n) is 11.0. The fraction of sp³-hybridized carbons (Fsp3) is 0.286. The molecule has 0 radical (unpaired) electrons. The monoisotopic (exact) mass is 270 g/mol. The predicted octanol–water partition coefficient (Wildman–Crippen LogP) is 2.17. The first kappa shape index (κ1) is 12.4. The van der Waals surface area contributed by atoms with E-state index in [0.29, 0.717) is 17.2 Å². The van der Waals surface area contributed by atoms with E-state index in [2.05, 4.69) is 23.2 Å². The molecule has 2 aromatic rings. The lowest BCUT2D eigenvalue weighted by molar-refractivity contribution is 0.370. The van der Waals surface area contributed by atoms with E-state index in [1.54, 1.807) is 12.3 Å². The molecule has 0 spiro atoms. The van der Waals surface area contributed by atoms with Crippen LogP contribution in [0, 0.1) is 11.3 Å². The van der Waals surface area contributed by atoms with Crippen LogP contribution in [0.25, 0.3) is 0 Å². The molecule has 1 aliphatic rings. The number of rotatable bonds is 3. The topological polar surface area (TPSA) is 101 Å². The molecule has 0 aliphatic carbocycles. The zero-order chi connectivity index (χ0) is 14.1. The fourth-order valence-electron chi connectivity index (χ4n) is 2.49. The molecule has 0 aromatic carbocycles. The number of hydrogen-bond donors (Lipinski definition) is 2. The van der Waals surface area contributed by atoms with E-state index in [-0.39, 0.29) is 11.8 Å². The smallest absolute Gasteiger partial charge is 0.244 e. The molecule has 20 heavy (non-hydrogen) atoms. The molecule has 0 unspecified atom stereocenters. The van der Waals surface area contributed by atoms with Crippen LogP contribution in [0.1, 0.15) is 36.3 Å². The van der Waals surface area contributed by atoms with Crippen molar-refractivity contribution in [1.82, 2.24) is 10.2 Å². The number of allylic oxidation sites excluding steroid dienone is 1. The Kier molecular flexibility index (Phi) is 2.95. The van der Waals surface area contributed by atoms with Crippen molar-refractivity contribution >= 4 is 0 Å². The van der Waals surface area contributed by atoms with E-state index < -0.39 is 0 Å². The highest BCUT2D eigenvalue weighted by Gasteiger charge is 2.36. The van der Waals surface area contributed by atoms with Gasteiger partial charge < -0.3 is 14.9 Å². The van der Waals surface area contributed by atoms with E-state index in [1.165, 1.54) is 0 Å². The molecule has 0 saturated carbocycles. The quantitative estimate of drug-likeness (QED) is 0.890. The Morgan fingerprint density at radius 1 is 1.55 bits per heavy atom. The number of furan rings is 1. The molecule has 2 aromatic heterocycles. The SMILES string of the molecule is CCCc1[nH]nc2c1[C@H](c1ccco1)C(C#N)=C(N)O2.